The number of ketones is 1. The highest BCUT2D eigenvalue weighted by molar-refractivity contribution is 8.01. The van der Waals surface area contributed by atoms with Gasteiger partial charge in [-0.3, -0.25) is 9.69 Å². The highest BCUT2D eigenvalue weighted by Crippen LogP contribution is 2.48. The van der Waals surface area contributed by atoms with E-state index in [2.05, 4.69) is 22.8 Å². The van der Waals surface area contributed by atoms with Gasteiger partial charge in [0, 0.05) is 29.0 Å². The molecule has 1 aromatic heterocycles. The summed E-state index contributed by atoms with van der Waals surface area (Å²) < 4.78 is 6.32. The van der Waals surface area contributed by atoms with E-state index in [4.69, 9.17) is 10.5 Å². The van der Waals surface area contributed by atoms with Gasteiger partial charge in [-0.05, 0) is 18.9 Å². The van der Waals surface area contributed by atoms with Crippen molar-refractivity contribution in [2.24, 2.45) is 5.73 Å². The molecule has 2 aromatic rings. The van der Waals surface area contributed by atoms with Crippen LogP contribution in [0.25, 0.3) is 0 Å². The molecule has 2 aliphatic rings. The van der Waals surface area contributed by atoms with Crippen molar-refractivity contribution in [3.05, 3.63) is 65.1 Å². The molecular weight excluding hydrogens is 430 g/mol. The Labute approximate surface area is 188 Å². The van der Waals surface area contributed by atoms with Crippen LogP contribution >= 0.6 is 23.1 Å². The fourth-order valence-corrected chi connectivity index (χ4v) is 5.64. The average molecular weight is 452 g/mol. The number of anilines is 1. The Kier molecular flexibility index (Phi) is 6.11. The lowest BCUT2D eigenvalue weighted by Crippen LogP contribution is -2.38. The number of carbonyl (C=O) groups is 1. The molecule has 0 saturated carbocycles. The number of hydrogen-bond acceptors (Lipinski definition) is 9. The van der Waals surface area contributed by atoms with Crippen molar-refractivity contribution >= 4 is 34.0 Å². The molecule has 1 atom stereocenters. The number of benzene rings is 1. The van der Waals surface area contributed by atoms with E-state index >= 15 is 0 Å². The second-order valence-corrected chi connectivity index (χ2v) is 9.23. The number of nitrogens with two attached hydrogens (primary N) is 1. The van der Waals surface area contributed by atoms with E-state index in [0.29, 0.717) is 40.6 Å². The number of nitrogens with zero attached hydrogens (tertiary/aromatic N) is 4. The predicted molar refractivity (Wildman–Crippen MR) is 122 cm³/mol. The van der Waals surface area contributed by atoms with Crippen LogP contribution in [0.15, 0.2) is 63.9 Å². The van der Waals surface area contributed by atoms with Crippen LogP contribution in [0.3, 0.4) is 0 Å². The number of aromatic nitrogens is 2. The molecular formula is C22H21N5O2S2. The number of Topliss-reactive ketones (excluding diaryl/α,β-unsaturated/α-hetero) is 1. The monoisotopic (exact) mass is 451 g/mol. The van der Waals surface area contributed by atoms with Crippen molar-refractivity contribution in [3.8, 4) is 11.8 Å². The summed E-state index contributed by atoms with van der Waals surface area (Å²) in [6.45, 7) is 3.73. The summed E-state index contributed by atoms with van der Waals surface area (Å²) in [5.74, 6) is 1.07. The quantitative estimate of drug-likeness (QED) is 0.516. The fraction of sp³-hybridized carbons (Fsp3) is 0.273. The molecule has 0 radical (unpaired) electrons. The van der Waals surface area contributed by atoms with Gasteiger partial charge in [0.2, 0.25) is 5.13 Å². The number of para-hydroxylation sites is 1. The zero-order valence-corrected chi connectivity index (χ0v) is 18.6. The summed E-state index contributed by atoms with van der Waals surface area (Å²) in [4.78, 5) is 14.9. The lowest BCUT2D eigenvalue weighted by atomic mass is 9.75. The number of methoxy groups -OCH3 is 1. The van der Waals surface area contributed by atoms with Crippen molar-refractivity contribution in [2.75, 3.05) is 17.8 Å². The van der Waals surface area contributed by atoms with Crippen LogP contribution in [0.1, 0.15) is 30.7 Å². The Morgan fingerprint density at radius 3 is 2.97 bits per heavy atom. The number of allylic oxidation sites excluding steroid dienone is 3. The number of nitriles is 1. The summed E-state index contributed by atoms with van der Waals surface area (Å²) in [6.07, 6.45) is 3.63. The minimum atomic E-state index is -0.567. The Hall–Kier alpha value is -3.09. The number of ether oxygens (including phenoxy) is 1. The van der Waals surface area contributed by atoms with Crippen LogP contribution in [-0.4, -0.2) is 28.8 Å². The summed E-state index contributed by atoms with van der Waals surface area (Å²) in [7, 11) is 1.58. The Balaban J connectivity index is 1.90. The minimum Gasteiger partial charge on any atom is -0.496 e. The maximum absolute atomic E-state index is 13.2. The lowest BCUT2D eigenvalue weighted by molar-refractivity contribution is -0.116. The number of rotatable bonds is 6. The Morgan fingerprint density at radius 1 is 1.42 bits per heavy atom. The summed E-state index contributed by atoms with van der Waals surface area (Å²) >= 11 is 2.91. The van der Waals surface area contributed by atoms with Crippen molar-refractivity contribution in [1.29, 1.82) is 5.26 Å². The molecule has 1 unspecified atom stereocenters. The highest BCUT2D eigenvalue weighted by atomic mass is 32.2. The van der Waals surface area contributed by atoms with Crippen LogP contribution < -0.4 is 15.4 Å². The molecule has 31 heavy (non-hydrogen) atoms. The Morgan fingerprint density at radius 2 is 2.23 bits per heavy atom. The number of hydrogen-bond donors (Lipinski definition) is 1. The third kappa shape index (κ3) is 3.73. The summed E-state index contributed by atoms with van der Waals surface area (Å²) in [5, 5.41) is 19.2. The molecule has 2 N–H and O–H groups in total. The van der Waals surface area contributed by atoms with Crippen LogP contribution in [0.2, 0.25) is 0 Å². The van der Waals surface area contributed by atoms with Gasteiger partial charge in [-0.2, -0.15) is 5.26 Å². The van der Waals surface area contributed by atoms with Crippen LogP contribution in [0.5, 0.6) is 5.75 Å². The van der Waals surface area contributed by atoms with Crippen LogP contribution in [-0.2, 0) is 4.79 Å². The van der Waals surface area contributed by atoms with Gasteiger partial charge in [-0.15, -0.1) is 16.8 Å². The SMILES string of the molecule is C=CCSc1nnc(N2C(N)=C(C#N)C(c3ccccc3OC)C3=C2CCCC3=O)s1. The van der Waals surface area contributed by atoms with Crippen molar-refractivity contribution < 1.29 is 9.53 Å². The van der Waals surface area contributed by atoms with Crippen molar-refractivity contribution in [1.82, 2.24) is 10.2 Å². The third-order valence-corrected chi connectivity index (χ3v) is 7.31. The molecule has 0 fully saturated rings. The van der Waals surface area contributed by atoms with E-state index in [0.717, 1.165) is 22.0 Å². The summed E-state index contributed by atoms with van der Waals surface area (Å²) in [5.41, 5.74) is 9.02. The molecule has 1 aliphatic heterocycles. The first-order valence-electron chi connectivity index (χ1n) is 9.76. The van der Waals surface area contributed by atoms with E-state index in [1.807, 2.05) is 24.3 Å². The molecule has 0 saturated heterocycles. The van der Waals surface area contributed by atoms with Gasteiger partial charge in [0.05, 0.1) is 24.7 Å². The van der Waals surface area contributed by atoms with Gasteiger partial charge in [-0.25, -0.2) is 0 Å². The molecule has 9 heteroatoms. The van der Waals surface area contributed by atoms with Gasteiger partial charge in [-0.1, -0.05) is 47.4 Å². The first-order valence-corrected chi connectivity index (χ1v) is 11.6. The smallest absolute Gasteiger partial charge is 0.219 e. The van der Waals surface area contributed by atoms with Crippen LogP contribution in [0.4, 0.5) is 5.13 Å². The molecule has 0 amide bonds. The topological polar surface area (TPSA) is 105 Å². The zero-order valence-electron chi connectivity index (χ0n) is 17.0. The Bertz CT molecular complexity index is 1140. The lowest BCUT2D eigenvalue weighted by Gasteiger charge is -2.38. The largest absolute Gasteiger partial charge is 0.496 e. The normalized spacial score (nSPS) is 18.6. The molecule has 0 bridgehead atoms. The second-order valence-electron chi connectivity index (χ2n) is 7.01. The van der Waals surface area contributed by atoms with Gasteiger partial charge < -0.3 is 10.5 Å². The minimum absolute atomic E-state index is 0.0215. The van der Waals surface area contributed by atoms with E-state index in [1.165, 1.54) is 23.1 Å². The second kappa shape index (κ2) is 8.96. The van der Waals surface area contributed by atoms with Gasteiger partial charge in [0.1, 0.15) is 11.6 Å². The molecule has 158 valence electrons. The maximum atomic E-state index is 13.2. The number of carbonyl (C=O) groups excluding carboxylic acids is 1. The van der Waals surface area contributed by atoms with Crippen molar-refractivity contribution in [3.63, 3.8) is 0 Å². The maximum Gasteiger partial charge on any atom is 0.219 e. The first kappa shape index (κ1) is 21.2. The van der Waals surface area contributed by atoms with Crippen molar-refractivity contribution in [2.45, 2.75) is 29.5 Å². The molecule has 1 aromatic carbocycles. The van der Waals surface area contributed by atoms with Gasteiger partial charge >= 0.3 is 0 Å². The molecule has 2 heterocycles. The third-order valence-electron chi connectivity index (χ3n) is 5.27. The zero-order chi connectivity index (χ0) is 22.0. The van der Waals surface area contributed by atoms with Gasteiger partial charge in [0.25, 0.3) is 0 Å². The fourth-order valence-electron chi connectivity index (χ4n) is 4.00. The van der Waals surface area contributed by atoms with E-state index < -0.39 is 5.92 Å². The average Bonchev–Trinajstić information content (AvgIpc) is 3.25. The highest BCUT2D eigenvalue weighted by Gasteiger charge is 2.42. The van der Waals surface area contributed by atoms with E-state index in [1.54, 1.807) is 18.1 Å². The van der Waals surface area contributed by atoms with Crippen LogP contribution in [0, 0.1) is 11.3 Å². The standard InChI is InChI=1S/C22H21N5O2S2/c1-3-11-30-22-26-25-21(31-22)27-15-8-6-9-16(28)19(15)18(14(12-23)20(27)24)13-7-4-5-10-17(13)29-2/h3-5,7,10,18H,1,6,8-9,11,24H2,2H3. The number of thioether (sulfide) groups is 1. The first-order chi connectivity index (χ1) is 15.1. The molecule has 1 aliphatic carbocycles. The van der Waals surface area contributed by atoms with Gasteiger partial charge in [0.15, 0.2) is 10.1 Å². The van der Waals surface area contributed by atoms with E-state index in [9.17, 15) is 10.1 Å². The van der Waals surface area contributed by atoms with E-state index in [-0.39, 0.29) is 11.6 Å². The molecule has 4 rings (SSSR count). The summed E-state index contributed by atoms with van der Waals surface area (Å²) in [6, 6.07) is 9.70. The molecule has 7 nitrogen and oxygen atoms in total. The predicted octanol–water partition coefficient (Wildman–Crippen LogP) is 4.13. The molecule has 0 spiro atoms.